The van der Waals surface area contributed by atoms with Crippen LogP contribution in [0.3, 0.4) is 0 Å². The summed E-state index contributed by atoms with van der Waals surface area (Å²) in [6, 6.07) is 0.214. The van der Waals surface area contributed by atoms with Crippen LogP contribution in [0.4, 0.5) is 0 Å². The molecule has 0 N–H and O–H groups in total. The molecule has 1 aliphatic heterocycles. The van der Waals surface area contributed by atoms with Gasteiger partial charge in [0.25, 0.3) is 0 Å². The molecule has 1 fully saturated rings. The van der Waals surface area contributed by atoms with E-state index in [9.17, 15) is 9.59 Å². The molecule has 1 heterocycles. The topological polar surface area (TPSA) is 49.9 Å². The maximum Gasteiger partial charge on any atom is 0.318 e. The number of methoxy groups -OCH3 is 1. The molecule has 0 spiro atoms. The van der Waals surface area contributed by atoms with Crippen LogP contribution in [-0.2, 0) is 14.3 Å². The molecule has 0 radical (unpaired) electrons. The third-order valence-electron chi connectivity index (χ3n) is 3.45. The first kappa shape index (κ1) is 14.0. The SMILES string of the molecule is CCC(C(=O)OC)C(=O)N(C)C1CCN(C)C1. The maximum absolute atomic E-state index is 12.2. The Morgan fingerprint density at radius 3 is 2.59 bits per heavy atom. The van der Waals surface area contributed by atoms with Crippen LogP contribution in [0, 0.1) is 5.92 Å². The van der Waals surface area contributed by atoms with Gasteiger partial charge < -0.3 is 14.5 Å². The van der Waals surface area contributed by atoms with Crippen molar-refractivity contribution in [1.82, 2.24) is 9.80 Å². The first-order valence-electron chi connectivity index (χ1n) is 6.04. The fourth-order valence-electron chi connectivity index (χ4n) is 2.24. The molecule has 5 nitrogen and oxygen atoms in total. The summed E-state index contributed by atoms with van der Waals surface area (Å²) < 4.78 is 4.66. The van der Waals surface area contributed by atoms with Gasteiger partial charge in [0.2, 0.25) is 5.91 Å². The van der Waals surface area contributed by atoms with E-state index in [0.29, 0.717) is 6.42 Å². The van der Waals surface area contributed by atoms with Gasteiger partial charge in [0.15, 0.2) is 0 Å². The van der Waals surface area contributed by atoms with Gasteiger partial charge in [0.05, 0.1) is 7.11 Å². The van der Waals surface area contributed by atoms with Crippen LogP contribution in [0.1, 0.15) is 19.8 Å². The predicted octanol–water partition coefficient (Wildman–Crippen LogP) is 0.348. The molecule has 0 aliphatic carbocycles. The number of carbonyl (C=O) groups is 2. The fraction of sp³-hybridized carbons (Fsp3) is 0.833. The number of carbonyl (C=O) groups excluding carboxylic acids is 2. The number of likely N-dealkylation sites (N-methyl/N-ethyl adjacent to an activating group) is 2. The van der Waals surface area contributed by atoms with Crippen LogP contribution in [0.15, 0.2) is 0 Å². The summed E-state index contributed by atoms with van der Waals surface area (Å²) in [4.78, 5) is 27.6. The zero-order valence-electron chi connectivity index (χ0n) is 11.1. The summed E-state index contributed by atoms with van der Waals surface area (Å²) in [6.45, 7) is 3.70. The van der Waals surface area contributed by atoms with E-state index in [1.807, 2.05) is 14.0 Å². The molecule has 1 amide bonds. The van der Waals surface area contributed by atoms with E-state index in [2.05, 4.69) is 9.64 Å². The molecule has 2 atom stereocenters. The molecule has 0 saturated carbocycles. The van der Waals surface area contributed by atoms with Gasteiger partial charge in [-0.1, -0.05) is 6.92 Å². The van der Waals surface area contributed by atoms with Crippen LogP contribution in [0.2, 0.25) is 0 Å². The Kier molecular flexibility index (Phi) is 4.93. The second kappa shape index (κ2) is 6.00. The Balaban J connectivity index is 2.64. The van der Waals surface area contributed by atoms with E-state index in [-0.39, 0.29) is 11.9 Å². The lowest BCUT2D eigenvalue weighted by atomic mass is 10.0. The van der Waals surface area contributed by atoms with Crippen LogP contribution < -0.4 is 0 Å². The Morgan fingerprint density at radius 2 is 2.18 bits per heavy atom. The number of hydrogen-bond acceptors (Lipinski definition) is 4. The number of hydrogen-bond donors (Lipinski definition) is 0. The van der Waals surface area contributed by atoms with E-state index in [1.165, 1.54) is 7.11 Å². The molecular formula is C12H22N2O3. The van der Waals surface area contributed by atoms with Crippen molar-refractivity contribution in [2.45, 2.75) is 25.8 Å². The lowest BCUT2D eigenvalue weighted by Gasteiger charge is -2.27. The van der Waals surface area contributed by atoms with Gasteiger partial charge in [-0.15, -0.1) is 0 Å². The van der Waals surface area contributed by atoms with Gasteiger partial charge in [0.1, 0.15) is 5.92 Å². The average Bonchev–Trinajstić information content (AvgIpc) is 2.75. The predicted molar refractivity (Wildman–Crippen MR) is 64.5 cm³/mol. The second-order valence-corrected chi connectivity index (χ2v) is 4.64. The molecule has 0 aromatic carbocycles. The average molecular weight is 242 g/mol. The number of amides is 1. The Bertz CT molecular complexity index is 293. The van der Waals surface area contributed by atoms with Gasteiger partial charge in [-0.2, -0.15) is 0 Å². The van der Waals surface area contributed by atoms with E-state index in [1.54, 1.807) is 11.9 Å². The van der Waals surface area contributed by atoms with Gasteiger partial charge in [-0.3, -0.25) is 9.59 Å². The summed E-state index contributed by atoms with van der Waals surface area (Å²) in [7, 11) is 5.13. The third kappa shape index (κ3) is 3.19. The third-order valence-corrected chi connectivity index (χ3v) is 3.45. The number of esters is 1. The Morgan fingerprint density at radius 1 is 1.53 bits per heavy atom. The highest BCUT2D eigenvalue weighted by Gasteiger charge is 2.33. The Labute approximate surface area is 103 Å². The number of ether oxygens (including phenoxy) is 1. The summed E-state index contributed by atoms with van der Waals surface area (Å²) in [6.07, 6.45) is 1.45. The minimum atomic E-state index is -0.657. The quantitative estimate of drug-likeness (QED) is 0.527. The molecule has 1 rings (SSSR count). The highest BCUT2D eigenvalue weighted by Crippen LogP contribution is 2.17. The maximum atomic E-state index is 12.2. The van der Waals surface area contributed by atoms with Crippen molar-refractivity contribution in [3.8, 4) is 0 Å². The molecule has 0 aromatic heterocycles. The van der Waals surface area contributed by atoms with Crippen molar-refractivity contribution >= 4 is 11.9 Å². The molecule has 1 aliphatic rings. The first-order chi connectivity index (χ1) is 8.01. The van der Waals surface area contributed by atoms with E-state index in [4.69, 9.17) is 0 Å². The van der Waals surface area contributed by atoms with E-state index in [0.717, 1.165) is 19.5 Å². The molecule has 0 bridgehead atoms. The normalized spacial score (nSPS) is 22.2. The molecule has 0 aromatic rings. The number of nitrogens with zero attached hydrogens (tertiary/aromatic N) is 2. The van der Waals surface area contributed by atoms with Crippen LogP contribution in [0.5, 0.6) is 0 Å². The van der Waals surface area contributed by atoms with Crippen molar-refractivity contribution in [3.05, 3.63) is 0 Å². The lowest BCUT2D eigenvalue weighted by Crippen LogP contribution is -2.44. The van der Waals surface area contributed by atoms with Crippen molar-refractivity contribution in [2.24, 2.45) is 5.92 Å². The van der Waals surface area contributed by atoms with Crippen molar-refractivity contribution in [2.75, 3.05) is 34.3 Å². The summed E-state index contributed by atoms with van der Waals surface area (Å²) in [5.74, 6) is -1.22. The van der Waals surface area contributed by atoms with Crippen molar-refractivity contribution in [3.63, 3.8) is 0 Å². The molecule has 98 valence electrons. The number of rotatable bonds is 4. The fourth-order valence-corrected chi connectivity index (χ4v) is 2.24. The highest BCUT2D eigenvalue weighted by atomic mass is 16.5. The van der Waals surface area contributed by atoms with Crippen LogP contribution >= 0.6 is 0 Å². The molecule has 1 saturated heterocycles. The number of likely N-dealkylation sites (tertiary alicyclic amines) is 1. The molecular weight excluding hydrogens is 220 g/mol. The largest absolute Gasteiger partial charge is 0.468 e. The summed E-state index contributed by atoms with van der Waals surface area (Å²) >= 11 is 0. The second-order valence-electron chi connectivity index (χ2n) is 4.64. The first-order valence-corrected chi connectivity index (χ1v) is 6.04. The smallest absolute Gasteiger partial charge is 0.318 e. The summed E-state index contributed by atoms with van der Waals surface area (Å²) in [5.41, 5.74) is 0. The van der Waals surface area contributed by atoms with Gasteiger partial charge in [0, 0.05) is 19.6 Å². The van der Waals surface area contributed by atoms with Gasteiger partial charge in [-0.25, -0.2) is 0 Å². The van der Waals surface area contributed by atoms with Gasteiger partial charge >= 0.3 is 5.97 Å². The van der Waals surface area contributed by atoms with Crippen LogP contribution in [0.25, 0.3) is 0 Å². The minimum absolute atomic E-state index is 0.125. The van der Waals surface area contributed by atoms with Crippen molar-refractivity contribution in [1.29, 1.82) is 0 Å². The minimum Gasteiger partial charge on any atom is -0.468 e. The van der Waals surface area contributed by atoms with E-state index < -0.39 is 11.9 Å². The lowest BCUT2D eigenvalue weighted by molar-refractivity contribution is -0.154. The zero-order valence-corrected chi connectivity index (χ0v) is 11.1. The highest BCUT2D eigenvalue weighted by molar-refractivity contribution is 5.97. The standard InChI is InChI=1S/C12H22N2O3/c1-5-10(12(16)17-4)11(15)14(3)9-6-7-13(2)8-9/h9-10H,5-8H2,1-4H3. The van der Waals surface area contributed by atoms with Crippen LogP contribution in [-0.4, -0.2) is 62.0 Å². The van der Waals surface area contributed by atoms with Gasteiger partial charge in [-0.05, 0) is 26.4 Å². The molecule has 5 heteroatoms. The van der Waals surface area contributed by atoms with Crippen molar-refractivity contribution < 1.29 is 14.3 Å². The monoisotopic (exact) mass is 242 g/mol. The molecule has 2 unspecified atom stereocenters. The van der Waals surface area contributed by atoms with E-state index >= 15 is 0 Å². The summed E-state index contributed by atoms with van der Waals surface area (Å²) in [5, 5.41) is 0. The molecule has 17 heavy (non-hydrogen) atoms. The zero-order chi connectivity index (χ0) is 13.0. The Hall–Kier alpha value is -1.10.